The molecule has 0 aromatic heterocycles. The van der Waals surface area contributed by atoms with Crippen molar-refractivity contribution in [3.05, 3.63) is 29.8 Å². The predicted octanol–water partition coefficient (Wildman–Crippen LogP) is 1.03. The van der Waals surface area contributed by atoms with Crippen molar-refractivity contribution in [2.75, 3.05) is 20.2 Å². The Bertz CT molecular complexity index is 509. The van der Waals surface area contributed by atoms with E-state index in [2.05, 4.69) is 20.9 Å². The maximum atomic E-state index is 11.9. The first-order valence-corrected chi connectivity index (χ1v) is 7.65. The highest BCUT2D eigenvalue weighted by Crippen LogP contribution is 2.18. The molecule has 2 rings (SSSR count). The van der Waals surface area contributed by atoms with Gasteiger partial charge in [-0.2, -0.15) is 0 Å². The fourth-order valence-corrected chi connectivity index (χ4v) is 1.89. The molecule has 0 unspecified atom stereocenters. The zero-order valence-electron chi connectivity index (χ0n) is 13.2. The van der Waals surface area contributed by atoms with Crippen LogP contribution in [0.1, 0.15) is 25.3 Å². The largest absolute Gasteiger partial charge is 0.497 e. The minimum Gasteiger partial charge on any atom is -0.497 e. The Morgan fingerprint density at radius 2 is 2.00 bits per heavy atom. The quantitative estimate of drug-likeness (QED) is 0.519. The Morgan fingerprint density at radius 3 is 2.59 bits per heavy atom. The number of guanidine groups is 1. The van der Waals surface area contributed by atoms with Gasteiger partial charge in [-0.05, 0) is 37.5 Å². The lowest BCUT2D eigenvalue weighted by atomic mass is 10.2. The molecule has 3 N–H and O–H groups in total. The van der Waals surface area contributed by atoms with Crippen LogP contribution in [-0.2, 0) is 11.3 Å². The van der Waals surface area contributed by atoms with E-state index >= 15 is 0 Å². The van der Waals surface area contributed by atoms with Gasteiger partial charge in [-0.3, -0.25) is 4.79 Å². The molecule has 1 aliphatic rings. The molecule has 0 heterocycles. The number of methoxy groups -OCH3 is 1. The Kier molecular flexibility index (Phi) is 6.06. The molecule has 1 aromatic carbocycles. The van der Waals surface area contributed by atoms with Gasteiger partial charge in [0.25, 0.3) is 0 Å². The Morgan fingerprint density at radius 1 is 1.27 bits per heavy atom. The van der Waals surface area contributed by atoms with E-state index in [1.165, 1.54) is 12.8 Å². The van der Waals surface area contributed by atoms with Crippen LogP contribution in [-0.4, -0.2) is 38.1 Å². The lowest BCUT2D eigenvalue weighted by Crippen LogP contribution is -2.39. The van der Waals surface area contributed by atoms with E-state index in [0.29, 0.717) is 18.5 Å². The van der Waals surface area contributed by atoms with Gasteiger partial charge in [0.2, 0.25) is 5.91 Å². The molecule has 22 heavy (non-hydrogen) atoms. The number of amides is 1. The Labute approximate surface area is 131 Å². The number of benzene rings is 1. The second-order valence-corrected chi connectivity index (χ2v) is 5.24. The molecule has 0 atom stereocenters. The highest BCUT2D eigenvalue weighted by molar-refractivity contribution is 5.85. The number of hydrogen-bond acceptors (Lipinski definition) is 3. The van der Waals surface area contributed by atoms with Crippen LogP contribution in [0, 0.1) is 0 Å². The van der Waals surface area contributed by atoms with Gasteiger partial charge in [-0.25, -0.2) is 4.99 Å². The third-order valence-corrected chi connectivity index (χ3v) is 3.29. The molecule has 6 heteroatoms. The number of nitrogens with one attached hydrogen (secondary N) is 3. The lowest BCUT2D eigenvalue weighted by molar-refractivity contribution is -0.119. The van der Waals surface area contributed by atoms with E-state index in [1.54, 1.807) is 7.11 Å². The van der Waals surface area contributed by atoms with Crippen LogP contribution in [0.15, 0.2) is 29.3 Å². The van der Waals surface area contributed by atoms with Crippen LogP contribution in [0.3, 0.4) is 0 Å². The third kappa shape index (κ3) is 5.63. The van der Waals surface area contributed by atoms with Gasteiger partial charge in [-0.1, -0.05) is 12.1 Å². The summed E-state index contributed by atoms with van der Waals surface area (Å²) in [5.74, 6) is 1.43. The van der Waals surface area contributed by atoms with E-state index in [4.69, 9.17) is 4.74 Å². The summed E-state index contributed by atoms with van der Waals surface area (Å²) in [7, 11) is 1.63. The highest BCUT2D eigenvalue weighted by Gasteiger charge is 2.22. The van der Waals surface area contributed by atoms with Crippen LogP contribution in [0.25, 0.3) is 0 Å². The maximum Gasteiger partial charge on any atom is 0.242 e. The number of nitrogens with zero attached hydrogens (tertiary/aromatic N) is 1. The zero-order valence-corrected chi connectivity index (χ0v) is 13.2. The summed E-state index contributed by atoms with van der Waals surface area (Å²) in [6, 6.07) is 8.13. The number of carbonyl (C=O) groups excluding carboxylic acids is 1. The standard InChI is InChI=1S/C16H24N4O2/c1-3-17-16(20-13-6-7-13)19-11-15(21)18-10-12-4-8-14(22-2)9-5-12/h4-5,8-9,13H,3,6-7,10-11H2,1-2H3,(H,18,21)(H2,17,19,20). The molecule has 1 saturated carbocycles. The molecular weight excluding hydrogens is 280 g/mol. The molecule has 0 saturated heterocycles. The van der Waals surface area contributed by atoms with Gasteiger partial charge in [0.05, 0.1) is 7.11 Å². The molecule has 1 amide bonds. The van der Waals surface area contributed by atoms with Crippen molar-refractivity contribution in [2.24, 2.45) is 4.99 Å². The van der Waals surface area contributed by atoms with E-state index in [9.17, 15) is 4.79 Å². The number of rotatable bonds is 7. The molecule has 1 aromatic rings. The first kappa shape index (κ1) is 16.1. The average Bonchev–Trinajstić information content (AvgIpc) is 3.35. The monoisotopic (exact) mass is 304 g/mol. The lowest BCUT2D eigenvalue weighted by Gasteiger charge is -2.10. The van der Waals surface area contributed by atoms with Crippen molar-refractivity contribution in [1.82, 2.24) is 16.0 Å². The molecule has 120 valence electrons. The smallest absolute Gasteiger partial charge is 0.242 e. The summed E-state index contributed by atoms with van der Waals surface area (Å²) < 4.78 is 5.10. The van der Waals surface area contributed by atoms with Crippen LogP contribution in [0.5, 0.6) is 5.75 Å². The summed E-state index contributed by atoms with van der Waals surface area (Å²) in [5.41, 5.74) is 1.03. The summed E-state index contributed by atoms with van der Waals surface area (Å²) in [6.07, 6.45) is 2.35. The summed E-state index contributed by atoms with van der Waals surface area (Å²) in [6.45, 7) is 3.41. The number of carbonyl (C=O) groups is 1. The number of hydrogen-bond donors (Lipinski definition) is 3. The average molecular weight is 304 g/mol. The first-order valence-electron chi connectivity index (χ1n) is 7.65. The normalized spacial score (nSPS) is 14.4. The number of aliphatic imine (C=N–C) groups is 1. The van der Waals surface area contributed by atoms with Crippen molar-refractivity contribution in [3.8, 4) is 5.75 Å². The second-order valence-electron chi connectivity index (χ2n) is 5.24. The summed E-state index contributed by atoms with van der Waals surface area (Å²) in [5, 5.41) is 9.28. The van der Waals surface area contributed by atoms with Crippen molar-refractivity contribution >= 4 is 11.9 Å². The van der Waals surface area contributed by atoms with Crippen molar-refractivity contribution < 1.29 is 9.53 Å². The SMILES string of the molecule is CCNC(=NCC(=O)NCc1ccc(OC)cc1)NC1CC1. The van der Waals surface area contributed by atoms with Gasteiger partial charge in [0.1, 0.15) is 12.3 Å². The molecule has 0 aliphatic heterocycles. The first-order chi connectivity index (χ1) is 10.7. The molecule has 0 spiro atoms. The fourth-order valence-electron chi connectivity index (χ4n) is 1.89. The second kappa shape index (κ2) is 8.26. The zero-order chi connectivity index (χ0) is 15.8. The Balaban J connectivity index is 1.75. The number of ether oxygens (including phenoxy) is 1. The minimum absolute atomic E-state index is 0.0937. The maximum absolute atomic E-state index is 11.9. The van der Waals surface area contributed by atoms with Crippen LogP contribution >= 0.6 is 0 Å². The Hall–Kier alpha value is -2.24. The van der Waals surface area contributed by atoms with Gasteiger partial charge < -0.3 is 20.7 Å². The van der Waals surface area contributed by atoms with Gasteiger partial charge in [-0.15, -0.1) is 0 Å². The topological polar surface area (TPSA) is 74.8 Å². The van der Waals surface area contributed by atoms with Crippen LogP contribution in [0.2, 0.25) is 0 Å². The predicted molar refractivity (Wildman–Crippen MR) is 87.0 cm³/mol. The molecule has 0 radical (unpaired) electrons. The summed E-state index contributed by atoms with van der Waals surface area (Å²) >= 11 is 0. The fraction of sp³-hybridized carbons (Fsp3) is 0.500. The molecule has 0 bridgehead atoms. The molecule has 1 aliphatic carbocycles. The molecular formula is C16H24N4O2. The van der Waals surface area contributed by atoms with Gasteiger partial charge >= 0.3 is 0 Å². The summed E-state index contributed by atoms with van der Waals surface area (Å²) in [4.78, 5) is 16.1. The van der Waals surface area contributed by atoms with Gasteiger partial charge in [0.15, 0.2) is 5.96 Å². The van der Waals surface area contributed by atoms with Gasteiger partial charge in [0, 0.05) is 19.1 Å². The highest BCUT2D eigenvalue weighted by atomic mass is 16.5. The van der Waals surface area contributed by atoms with E-state index in [-0.39, 0.29) is 12.5 Å². The van der Waals surface area contributed by atoms with E-state index in [1.807, 2.05) is 31.2 Å². The molecule has 1 fully saturated rings. The minimum atomic E-state index is -0.0937. The third-order valence-electron chi connectivity index (χ3n) is 3.29. The van der Waals surface area contributed by atoms with Crippen molar-refractivity contribution in [3.63, 3.8) is 0 Å². The molecule has 6 nitrogen and oxygen atoms in total. The van der Waals surface area contributed by atoms with Crippen molar-refractivity contribution in [1.29, 1.82) is 0 Å². The van der Waals surface area contributed by atoms with E-state index in [0.717, 1.165) is 17.9 Å². The van der Waals surface area contributed by atoms with Crippen molar-refractivity contribution in [2.45, 2.75) is 32.4 Å². The van der Waals surface area contributed by atoms with E-state index < -0.39 is 0 Å². The van der Waals surface area contributed by atoms with Crippen LogP contribution in [0.4, 0.5) is 0 Å². The van der Waals surface area contributed by atoms with Crippen LogP contribution < -0.4 is 20.7 Å².